The minimum absolute atomic E-state index is 0.0616. The van der Waals surface area contributed by atoms with E-state index in [4.69, 9.17) is 5.73 Å². The lowest BCUT2D eigenvalue weighted by Crippen LogP contribution is -2.54. The summed E-state index contributed by atoms with van der Waals surface area (Å²) in [7, 11) is 0. The molecule has 0 bridgehead atoms. The van der Waals surface area contributed by atoms with Gasteiger partial charge in [0.1, 0.15) is 6.04 Å². The van der Waals surface area contributed by atoms with Gasteiger partial charge in [0.25, 0.3) is 5.91 Å². The molecule has 10 nitrogen and oxygen atoms in total. The number of hydrogen-bond acceptors (Lipinski definition) is 5. The van der Waals surface area contributed by atoms with Gasteiger partial charge in [0.05, 0.1) is 35.9 Å². The maximum absolute atomic E-state index is 14.0. The normalized spacial score (nSPS) is 17.3. The highest BCUT2D eigenvalue weighted by Gasteiger charge is 2.39. The van der Waals surface area contributed by atoms with Gasteiger partial charge < -0.3 is 25.0 Å². The van der Waals surface area contributed by atoms with Gasteiger partial charge in [0.15, 0.2) is 0 Å². The van der Waals surface area contributed by atoms with Gasteiger partial charge in [0, 0.05) is 44.7 Å². The summed E-state index contributed by atoms with van der Waals surface area (Å²) in [6.45, 7) is 9.05. The van der Waals surface area contributed by atoms with E-state index in [0.717, 1.165) is 17.0 Å². The van der Waals surface area contributed by atoms with Gasteiger partial charge in [-0.2, -0.15) is 5.26 Å². The van der Waals surface area contributed by atoms with Crippen LogP contribution in [0.1, 0.15) is 65.6 Å². The van der Waals surface area contributed by atoms with Crippen molar-refractivity contribution < 1.29 is 14.4 Å². The Morgan fingerprint density at radius 2 is 1.64 bits per heavy atom. The first-order valence-corrected chi connectivity index (χ1v) is 14.3. The first-order valence-electron chi connectivity index (χ1n) is 14.3. The van der Waals surface area contributed by atoms with E-state index in [9.17, 15) is 19.6 Å². The van der Waals surface area contributed by atoms with Crippen LogP contribution in [0.4, 0.5) is 4.79 Å². The highest BCUT2D eigenvalue weighted by molar-refractivity contribution is 5.98. The number of carbonyl (C=O) groups excluding carboxylic acids is 3. The number of benzene rings is 2. The fraction of sp³-hybridized carbons (Fsp3) is 0.406. The smallest absolute Gasteiger partial charge is 0.314 e. The van der Waals surface area contributed by atoms with E-state index in [-0.39, 0.29) is 23.8 Å². The second-order valence-electron chi connectivity index (χ2n) is 12.1. The summed E-state index contributed by atoms with van der Waals surface area (Å²) >= 11 is 0. The van der Waals surface area contributed by atoms with Crippen LogP contribution in [0.15, 0.2) is 54.9 Å². The Morgan fingerprint density at radius 3 is 2.29 bits per heavy atom. The van der Waals surface area contributed by atoms with Crippen molar-refractivity contribution in [2.45, 2.75) is 58.2 Å². The molecule has 1 fully saturated rings. The molecule has 3 aromatic rings. The van der Waals surface area contributed by atoms with Crippen molar-refractivity contribution in [1.29, 1.82) is 5.26 Å². The molecule has 0 saturated carbocycles. The minimum Gasteiger partial charge on any atom is -0.351 e. The number of nitrogens with zero attached hydrogens (tertiary/aromatic N) is 6. The predicted molar refractivity (Wildman–Crippen MR) is 157 cm³/mol. The number of fused-ring (bicyclic) bond motifs is 1. The number of nitriles is 1. The highest BCUT2D eigenvalue weighted by Crippen LogP contribution is 2.28. The largest absolute Gasteiger partial charge is 0.351 e. The lowest BCUT2D eigenvalue weighted by Gasteiger charge is -2.37. The predicted octanol–water partition coefficient (Wildman–Crippen LogP) is 3.28. The first kappa shape index (κ1) is 28.9. The van der Waals surface area contributed by atoms with Crippen molar-refractivity contribution in [3.8, 4) is 6.07 Å². The molecule has 4 amide bonds. The third kappa shape index (κ3) is 6.00. The van der Waals surface area contributed by atoms with Crippen LogP contribution in [-0.4, -0.2) is 74.3 Å². The lowest BCUT2D eigenvalue weighted by molar-refractivity contribution is -0.136. The second kappa shape index (κ2) is 11.7. The summed E-state index contributed by atoms with van der Waals surface area (Å²) in [4.78, 5) is 49.2. The fourth-order valence-corrected chi connectivity index (χ4v) is 5.67. The molecule has 2 aliphatic heterocycles. The fourth-order valence-electron chi connectivity index (χ4n) is 5.67. The molecule has 1 atom stereocenters. The number of amides is 4. The summed E-state index contributed by atoms with van der Waals surface area (Å²) < 4.78 is 2.05. The summed E-state index contributed by atoms with van der Waals surface area (Å²) in [6, 6.07) is 15.9. The molecule has 0 radical (unpaired) electrons. The third-order valence-electron chi connectivity index (χ3n) is 8.21. The molecule has 0 aliphatic carbocycles. The highest BCUT2D eigenvalue weighted by atomic mass is 16.2. The Morgan fingerprint density at radius 1 is 0.976 bits per heavy atom. The molecule has 1 aromatic heterocycles. The van der Waals surface area contributed by atoms with Crippen molar-refractivity contribution >= 4 is 17.8 Å². The van der Waals surface area contributed by atoms with Gasteiger partial charge >= 0.3 is 6.03 Å². The zero-order valence-electron chi connectivity index (χ0n) is 24.4. The van der Waals surface area contributed by atoms with Crippen molar-refractivity contribution in [3.63, 3.8) is 0 Å². The second-order valence-corrected chi connectivity index (χ2v) is 12.1. The monoisotopic (exact) mass is 567 g/mol. The van der Waals surface area contributed by atoms with Crippen LogP contribution in [0, 0.1) is 11.3 Å². The third-order valence-corrected chi connectivity index (χ3v) is 8.21. The van der Waals surface area contributed by atoms with Crippen molar-refractivity contribution in [2.24, 2.45) is 5.73 Å². The molecule has 1 unspecified atom stereocenters. The van der Waals surface area contributed by atoms with E-state index in [0.29, 0.717) is 56.7 Å². The van der Waals surface area contributed by atoms with Gasteiger partial charge in [-0.3, -0.25) is 9.59 Å². The SMILES string of the molecule is CC(C)(C)c1ccc(Cn2cnc3c2CN(C(=O)c2ccc(C#N)cc2)C(C(=O)N2CCCN(C(N)=O)CC2)C3)cc1. The summed E-state index contributed by atoms with van der Waals surface area (Å²) in [5.41, 5.74) is 10.5. The zero-order valence-corrected chi connectivity index (χ0v) is 24.4. The molecular formula is C32H37N7O3. The Hall–Kier alpha value is -4.65. The van der Waals surface area contributed by atoms with Gasteiger partial charge in [0.2, 0.25) is 5.91 Å². The molecule has 2 N–H and O–H groups in total. The van der Waals surface area contributed by atoms with E-state index in [1.54, 1.807) is 45.3 Å². The number of rotatable bonds is 4. The van der Waals surface area contributed by atoms with Crippen LogP contribution in [0.25, 0.3) is 0 Å². The number of carbonyl (C=O) groups is 3. The molecule has 1 saturated heterocycles. The molecule has 2 aliphatic rings. The van der Waals surface area contributed by atoms with Crippen LogP contribution in [0.2, 0.25) is 0 Å². The Balaban J connectivity index is 1.43. The Bertz CT molecular complexity index is 1510. The summed E-state index contributed by atoms with van der Waals surface area (Å²) in [6.07, 6.45) is 2.69. The number of nitrogens with two attached hydrogens (primary N) is 1. The van der Waals surface area contributed by atoms with Crippen molar-refractivity contribution in [1.82, 2.24) is 24.3 Å². The topological polar surface area (TPSA) is 129 Å². The summed E-state index contributed by atoms with van der Waals surface area (Å²) in [5, 5.41) is 9.21. The Labute approximate surface area is 246 Å². The lowest BCUT2D eigenvalue weighted by atomic mass is 9.87. The molecule has 218 valence electrons. The number of aromatic nitrogens is 2. The number of hydrogen-bond donors (Lipinski definition) is 1. The van der Waals surface area contributed by atoms with Crippen LogP contribution in [0.3, 0.4) is 0 Å². The molecule has 3 heterocycles. The van der Waals surface area contributed by atoms with Crippen LogP contribution in [-0.2, 0) is 29.7 Å². The van der Waals surface area contributed by atoms with E-state index in [2.05, 4.69) is 60.7 Å². The summed E-state index contributed by atoms with van der Waals surface area (Å²) in [5.74, 6) is -0.444. The maximum atomic E-state index is 14.0. The molecule has 5 rings (SSSR count). The molecule has 42 heavy (non-hydrogen) atoms. The van der Waals surface area contributed by atoms with Crippen LogP contribution < -0.4 is 5.73 Å². The van der Waals surface area contributed by atoms with Gasteiger partial charge in [-0.25, -0.2) is 9.78 Å². The average Bonchev–Trinajstić information content (AvgIpc) is 3.19. The first-order chi connectivity index (χ1) is 20.0. The zero-order chi connectivity index (χ0) is 30.0. The average molecular weight is 568 g/mol. The van der Waals surface area contributed by atoms with Crippen molar-refractivity contribution in [3.05, 3.63) is 88.5 Å². The van der Waals surface area contributed by atoms with Gasteiger partial charge in [-0.15, -0.1) is 0 Å². The van der Waals surface area contributed by atoms with Crippen LogP contribution >= 0.6 is 0 Å². The van der Waals surface area contributed by atoms with Crippen molar-refractivity contribution in [2.75, 3.05) is 26.2 Å². The van der Waals surface area contributed by atoms with E-state index >= 15 is 0 Å². The quantitative estimate of drug-likeness (QED) is 0.517. The van der Waals surface area contributed by atoms with E-state index in [1.165, 1.54) is 5.56 Å². The number of urea groups is 1. The van der Waals surface area contributed by atoms with Crippen LogP contribution in [0.5, 0.6) is 0 Å². The molecule has 0 spiro atoms. The minimum atomic E-state index is -0.741. The molecule has 2 aromatic carbocycles. The molecular weight excluding hydrogens is 530 g/mol. The Kier molecular flexibility index (Phi) is 8.03. The number of primary amides is 1. The van der Waals surface area contributed by atoms with Gasteiger partial charge in [-0.05, 0) is 47.2 Å². The standard InChI is InChI=1S/C32H37N7O3/c1-32(2,3)25-11-7-23(8-12-25)19-38-21-35-26-17-27(30(41)36-13-4-14-37(16-15-36)31(34)42)39(20-28(26)38)29(40)24-9-5-22(18-33)6-10-24/h5-12,21,27H,4,13-17,19-20H2,1-3H3,(H2,34,42). The van der Waals surface area contributed by atoms with Gasteiger partial charge in [-0.1, -0.05) is 45.0 Å². The van der Waals surface area contributed by atoms with E-state index in [1.807, 2.05) is 0 Å². The number of imidazole rings is 1. The molecule has 10 heteroatoms. The maximum Gasteiger partial charge on any atom is 0.314 e. The van der Waals surface area contributed by atoms with E-state index < -0.39 is 12.1 Å².